The Morgan fingerprint density at radius 3 is 2.20 bits per heavy atom. The molecule has 0 bridgehead atoms. The molecule has 0 aromatic heterocycles. The summed E-state index contributed by atoms with van der Waals surface area (Å²) in [7, 11) is 0. The van der Waals surface area contributed by atoms with Gasteiger partial charge in [0, 0.05) is 31.3 Å². The van der Waals surface area contributed by atoms with Crippen LogP contribution in [-0.2, 0) is 4.79 Å². The van der Waals surface area contributed by atoms with E-state index in [9.17, 15) is 14.7 Å². The molecule has 0 saturated heterocycles. The minimum absolute atomic E-state index is 0.135. The summed E-state index contributed by atoms with van der Waals surface area (Å²) in [6.07, 6.45) is 0. The van der Waals surface area contributed by atoms with Gasteiger partial charge in [0.1, 0.15) is 0 Å². The van der Waals surface area contributed by atoms with Crippen LogP contribution in [0.5, 0.6) is 0 Å². The molecule has 2 N–H and O–H groups in total. The minimum Gasteiger partial charge on any atom is -0.389 e. The van der Waals surface area contributed by atoms with E-state index in [2.05, 4.69) is 5.32 Å². The lowest BCUT2D eigenvalue weighted by Gasteiger charge is -2.28. The van der Waals surface area contributed by atoms with E-state index in [-0.39, 0.29) is 18.4 Å². The fourth-order valence-corrected chi connectivity index (χ4v) is 1.88. The number of likely N-dealkylation sites (N-methyl/N-ethyl adjacent to an activating group) is 1. The minimum atomic E-state index is -0.929. The number of hydrogen-bond acceptors (Lipinski definition) is 3. The van der Waals surface area contributed by atoms with Gasteiger partial charge in [0.05, 0.1) is 5.60 Å². The van der Waals surface area contributed by atoms with E-state index < -0.39 is 5.60 Å². The van der Waals surface area contributed by atoms with Crippen molar-refractivity contribution < 1.29 is 14.7 Å². The number of aliphatic hydroxyl groups is 1. The number of carbonyl (C=O) groups is 2. The molecule has 0 saturated carbocycles. The van der Waals surface area contributed by atoms with Gasteiger partial charge in [-0.05, 0) is 45.0 Å². The summed E-state index contributed by atoms with van der Waals surface area (Å²) in [5, 5.41) is 12.5. The summed E-state index contributed by atoms with van der Waals surface area (Å²) < 4.78 is 0. The van der Waals surface area contributed by atoms with E-state index in [1.165, 1.54) is 6.92 Å². The van der Waals surface area contributed by atoms with Gasteiger partial charge in [0.15, 0.2) is 0 Å². The molecule has 1 aromatic carbocycles. The van der Waals surface area contributed by atoms with E-state index in [1.54, 1.807) is 43.0 Å². The molecule has 2 amide bonds. The zero-order valence-electron chi connectivity index (χ0n) is 12.4. The first-order valence-corrected chi connectivity index (χ1v) is 6.62. The highest BCUT2D eigenvalue weighted by Crippen LogP contribution is 2.13. The maximum absolute atomic E-state index is 12.3. The summed E-state index contributed by atoms with van der Waals surface area (Å²) in [6.45, 7) is 7.44. The van der Waals surface area contributed by atoms with Crippen LogP contribution in [0.2, 0.25) is 0 Å². The van der Waals surface area contributed by atoms with Crippen LogP contribution >= 0.6 is 0 Å². The van der Waals surface area contributed by atoms with Crippen molar-refractivity contribution in [1.29, 1.82) is 0 Å². The van der Waals surface area contributed by atoms with Gasteiger partial charge in [-0.15, -0.1) is 0 Å². The molecule has 1 aromatic rings. The third-order valence-corrected chi connectivity index (χ3v) is 2.70. The average Bonchev–Trinajstić information content (AvgIpc) is 2.34. The smallest absolute Gasteiger partial charge is 0.253 e. The van der Waals surface area contributed by atoms with Crippen molar-refractivity contribution in [2.45, 2.75) is 33.3 Å². The van der Waals surface area contributed by atoms with Crippen molar-refractivity contribution >= 4 is 17.5 Å². The van der Waals surface area contributed by atoms with Crippen LogP contribution in [0.25, 0.3) is 0 Å². The number of hydrogen-bond donors (Lipinski definition) is 2. The topological polar surface area (TPSA) is 69.6 Å². The molecule has 0 unspecified atom stereocenters. The van der Waals surface area contributed by atoms with Gasteiger partial charge in [-0.25, -0.2) is 0 Å². The highest BCUT2D eigenvalue weighted by atomic mass is 16.3. The molecule has 0 radical (unpaired) electrons. The predicted molar refractivity (Wildman–Crippen MR) is 78.6 cm³/mol. The summed E-state index contributed by atoms with van der Waals surface area (Å²) in [5.41, 5.74) is 0.256. The van der Waals surface area contributed by atoms with Crippen molar-refractivity contribution in [2.75, 3.05) is 18.4 Å². The van der Waals surface area contributed by atoms with E-state index in [0.29, 0.717) is 17.8 Å². The summed E-state index contributed by atoms with van der Waals surface area (Å²) in [5.74, 6) is -0.287. The number of benzene rings is 1. The Balaban J connectivity index is 2.82. The van der Waals surface area contributed by atoms with Gasteiger partial charge < -0.3 is 15.3 Å². The second kappa shape index (κ2) is 6.52. The molecule has 0 fully saturated rings. The molecule has 110 valence electrons. The molecule has 0 spiro atoms. The third kappa shape index (κ3) is 5.01. The normalized spacial score (nSPS) is 11.1. The van der Waals surface area contributed by atoms with Gasteiger partial charge in [0.2, 0.25) is 5.91 Å². The molecule has 20 heavy (non-hydrogen) atoms. The number of nitrogens with one attached hydrogen (secondary N) is 1. The van der Waals surface area contributed by atoms with Gasteiger partial charge in [0.25, 0.3) is 5.91 Å². The zero-order chi connectivity index (χ0) is 15.3. The van der Waals surface area contributed by atoms with Crippen molar-refractivity contribution in [1.82, 2.24) is 4.90 Å². The van der Waals surface area contributed by atoms with Gasteiger partial charge in [-0.2, -0.15) is 0 Å². The molecule has 5 heteroatoms. The van der Waals surface area contributed by atoms with Crippen LogP contribution in [0.1, 0.15) is 38.1 Å². The van der Waals surface area contributed by atoms with Gasteiger partial charge >= 0.3 is 0 Å². The van der Waals surface area contributed by atoms with Crippen molar-refractivity contribution in [3.05, 3.63) is 29.8 Å². The summed E-state index contributed by atoms with van der Waals surface area (Å²) in [6, 6.07) is 6.71. The predicted octanol–water partition coefficient (Wildman–Crippen LogP) is 1.88. The lowest BCUT2D eigenvalue weighted by molar-refractivity contribution is -0.114. The molecule has 0 aliphatic rings. The maximum atomic E-state index is 12.3. The van der Waals surface area contributed by atoms with Crippen LogP contribution in [0.15, 0.2) is 24.3 Å². The number of amides is 2. The Kier molecular flexibility index (Phi) is 5.27. The second-order valence-corrected chi connectivity index (χ2v) is 5.39. The molecular weight excluding hydrogens is 256 g/mol. The molecule has 5 nitrogen and oxygen atoms in total. The largest absolute Gasteiger partial charge is 0.389 e. The highest BCUT2D eigenvalue weighted by Gasteiger charge is 2.22. The van der Waals surface area contributed by atoms with Crippen molar-refractivity contribution in [3.8, 4) is 0 Å². The lowest BCUT2D eigenvalue weighted by Crippen LogP contribution is -2.42. The van der Waals surface area contributed by atoms with Gasteiger partial charge in [-0.3, -0.25) is 9.59 Å². The summed E-state index contributed by atoms with van der Waals surface area (Å²) >= 11 is 0. The number of rotatable bonds is 5. The quantitative estimate of drug-likeness (QED) is 0.864. The number of nitrogens with zero attached hydrogens (tertiary/aromatic N) is 1. The Labute approximate surface area is 119 Å². The number of carbonyl (C=O) groups excluding carboxylic acids is 2. The van der Waals surface area contributed by atoms with E-state index in [0.717, 1.165) is 0 Å². The lowest BCUT2D eigenvalue weighted by atomic mass is 10.1. The Morgan fingerprint density at radius 2 is 1.80 bits per heavy atom. The monoisotopic (exact) mass is 278 g/mol. The van der Waals surface area contributed by atoms with E-state index >= 15 is 0 Å². The van der Waals surface area contributed by atoms with Crippen LogP contribution in [0, 0.1) is 0 Å². The molecule has 0 aliphatic heterocycles. The first-order chi connectivity index (χ1) is 9.23. The fourth-order valence-electron chi connectivity index (χ4n) is 1.88. The van der Waals surface area contributed by atoms with Gasteiger partial charge in [-0.1, -0.05) is 0 Å². The molecule has 0 heterocycles. The highest BCUT2D eigenvalue weighted by molar-refractivity contribution is 5.95. The molecule has 1 rings (SSSR count). The Hall–Kier alpha value is -1.88. The fraction of sp³-hybridized carbons (Fsp3) is 0.467. The number of anilines is 1. The molecule has 0 atom stereocenters. The second-order valence-electron chi connectivity index (χ2n) is 5.39. The van der Waals surface area contributed by atoms with E-state index in [1.807, 2.05) is 6.92 Å². The van der Waals surface area contributed by atoms with Crippen LogP contribution in [-0.4, -0.2) is 40.5 Å². The van der Waals surface area contributed by atoms with Crippen molar-refractivity contribution in [2.24, 2.45) is 0 Å². The molecule has 0 aliphatic carbocycles. The first kappa shape index (κ1) is 16.2. The first-order valence-electron chi connectivity index (χ1n) is 6.62. The Bertz CT molecular complexity index is 475. The standard InChI is InChI=1S/C15H22N2O3/c1-5-17(10-15(3,4)20)14(19)12-6-8-13(9-7-12)16-11(2)18/h6-9,20H,5,10H2,1-4H3,(H,16,18). The third-order valence-electron chi connectivity index (χ3n) is 2.70. The maximum Gasteiger partial charge on any atom is 0.253 e. The average molecular weight is 278 g/mol. The van der Waals surface area contributed by atoms with Crippen molar-refractivity contribution in [3.63, 3.8) is 0 Å². The van der Waals surface area contributed by atoms with E-state index in [4.69, 9.17) is 0 Å². The van der Waals surface area contributed by atoms with Crippen LogP contribution < -0.4 is 5.32 Å². The van der Waals surface area contributed by atoms with Crippen LogP contribution in [0.4, 0.5) is 5.69 Å². The molecular formula is C15H22N2O3. The summed E-state index contributed by atoms with van der Waals surface area (Å²) in [4.78, 5) is 24.8. The zero-order valence-corrected chi connectivity index (χ0v) is 12.4. The SMILES string of the molecule is CCN(CC(C)(C)O)C(=O)c1ccc(NC(C)=O)cc1. The Morgan fingerprint density at radius 1 is 1.25 bits per heavy atom. The van der Waals surface area contributed by atoms with Crippen LogP contribution in [0.3, 0.4) is 0 Å².